The summed E-state index contributed by atoms with van der Waals surface area (Å²) in [6.45, 7) is 6.15. The standard InChI is InChI=1S/C15H26N4S/c1-3-4-5-14-18-12(2)10-15(19-14)17-8-7-16-13-6-9-20-11-13/h10,13,16H,3-9,11H2,1-2H3,(H,17,18,19)/t13-/m0/s1. The van der Waals surface area contributed by atoms with Crippen LogP contribution in [0.25, 0.3) is 0 Å². The Morgan fingerprint density at radius 1 is 1.35 bits per heavy atom. The van der Waals surface area contributed by atoms with E-state index in [0.717, 1.165) is 43.3 Å². The van der Waals surface area contributed by atoms with Gasteiger partial charge >= 0.3 is 0 Å². The summed E-state index contributed by atoms with van der Waals surface area (Å²) in [7, 11) is 0. The summed E-state index contributed by atoms with van der Waals surface area (Å²) in [6.07, 6.45) is 4.62. The molecule has 2 heterocycles. The lowest BCUT2D eigenvalue weighted by Crippen LogP contribution is -2.32. The Balaban J connectivity index is 1.74. The van der Waals surface area contributed by atoms with Crippen LogP contribution in [-0.2, 0) is 6.42 Å². The van der Waals surface area contributed by atoms with Crippen molar-refractivity contribution < 1.29 is 0 Å². The van der Waals surface area contributed by atoms with Gasteiger partial charge in [0.25, 0.3) is 0 Å². The van der Waals surface area contributed by atoms with Crippen molar-refractivity contribution in [2.45, 2.75) is 45.6 Å². The van der Waals surface area contributed by atoms with Crippen LogP contribution in [0.1, 0.15) is 37.7 Å². The van der Waals surface area contributed by atoms with Crippen LogP contribution in [0.5, 0.6) is 0 Å². The quantitative estimate of drug-likeness (QED) is 0.722. The van der Waals surface area contributed by atoms with Gasteiger partial charge in [0.1, 0.15) is 11.6 Å². The van der Waals surface area contributed by atoms with E-state index < -0.39 is 0 Å². The Hall–Kier alpha value is -0.810. The molecule has 1 saturated heterocycles. The Morgan fingerprint density at radius 3 is 3.00 bits per heavy atom. The molecule has 0 saturated carbocycles. The first-order valence-corrected chi connectivity index (χ1v) is 8.83. The fraction of sp³-hybridized carbons (Fsp3) is 0.733. The first-order chi connectivity index (χ1) is 9.78. The molecule has 2 N–H and O–H groups in total. The van der Waals surface area contributed by atoms with E-state index in [1.807, 2.05) is 24.8 Å². The van der Waals surface area contributed by atoms with E-state index in [0.29, 0.717) is 6.04 Å². The molecule has 0 bridgehead atoms. The molecule has 112 valence electrons. The molecule has 20 heavy (non-hydrogen) atoms. The largest absolute Gasteiger partial charge is 0.369 e. The first kappa shape index (κ1) is 15.6. The van der Waals surface area contributed by atoms with E-state index in [1.54, 1.807) is 0 Å². The maximum absolute atomic E-state index is 4.59. The average molecular weight is 294 g/mol. The predicted molar refractivity (Wildman–Crippen MR) is 87.6 cm³/mol. The second-order valence-corrected chi connectivity index (χ2v) is 6.51. The first-order valence-electron chi connectivity index (χ1n) is 7.67. The van der Waals surface area contributed by atoms with Gasteiger partial charge in [0.2, 0.25) is 0 Å². The molecule has 1 atom stereocenters. The van der Waals surface area contributed by atoms with Crippen molar-refractivity contribution in [2.24, 2.45) is 0 Å². The average Bonchev–Trinajstić information content (AvgIpc) is 2.94. The second kappa shape index (κ2) is 8.47. The van der Waals surface area contributed by atoms with Crippen LogP contribution < -0.4 is 10.6 Å². The SMILES string of the molecule is CCCCc1nc(C)cc(NCCN[C@H]2CCSC2)n1. The maximum atomic E-state index is 4.59. The minimum atomic E-state index is 0.703. The zero-order chi connectivity index (χ0) is 14.2. The van der Waals surface area contributed by atoms with E-state index in [-0.39, 0.29) is 0 Å². The van der Waals surface area contributed by atoms with E-state index in [1.165, 1.54) is 24.3 Å². The number of nitrogens with zero attached hydrogens (tertiary/aromatic N) is 2. The predicted octanol–water partition coefficient (Wildman–Crippen LogP) is 2.63. The minimum absolute atomic E-state index is 0.703. The van der Waals surface area contributed by atoms with Crippen LogP contribution in [0.4, 0.5) is 5.82 Å². The van der Waals surface area contributed by atoms with Crippen molar-refractivity contribution in [3.8, 4) is 0 Å². The van der Waals surface area contributed by atoms with E-state index in [9.17, 15) is 0 Å². The highest BCUT2D eigenvalue weighted by molar-refractivity contribution is 7.99. The van der Waals surface area contributed by atoms with Crippen molar-refractivity contribution in [3.05, 3.63) is 17.6 Å². The summed E-state index contributed by atoms with van der Waals surface area (Å²) in [5, 5.41) is 6.99. The molecule has 1 aromatic heterocycles. The van der Waals surface area contributed by atoms with Crippen LogP contribution >= 0.6 is 11.8 Å². The van der Waals surface area contributed by atoms with Crippen LogP contribution in [0.2, 0.25) is 0 Å². The number of hydrogen-bond acceptors (Lipinski definition) is 5. The lowest BCUT2D eigenvalue weighted by Gasteiger charge is -2.12. The topological polar surface area (TPSA) is 49.8 Å². The summed E-state index contributed by atoms with van der Waals surface area (Å²) < 4.78 is 0. The van der Waals surface area contributed by atoms with E-state index in [2.05, 4.69) is 27.5 Å². The number of aromatic nitrogens is 2. The molecule has 0 amide bonds. The highest BCUT2D eigenvalue weighted by Gasteiger charge is 2.13. The third-order valence-corrected chi connectivity index (χ3v) is 4.61. The fourth-order valence-electron chi connectivity index (χ4n) is 2.33. The summed E-state index contributed by atoms with van der Waals surface area (Å²) in [4.78, 5) is 9.08. The van der Waals surface area contributed by atoms with Crippen molar-refractivity contribution >= 4 is 17.6 Å². The van der Waals surface area contributed by atoms with Gasteiger partial charge in [0.15, 0.2) is 0 Å². The van der Waals surface area contributed by atoms with Gasteiger partial charge < -0.3 is 10.6 Å². The number of thioether (sulfide) groups is 1. The van der Waals surface area contributed by atoms with Gasteiger partial charge in [-0.1, -0.05) is 13.3 Å². The lowest BCUT2D eigenvalue weighted by atomic mass is 10.2. The van der Waals surface area contributed by atoms with Gasteiger partial charge in [-0.3, -0.25) is 0 Å². The number of rotatable bonds is 8. The van der Waals surface area contributed by atoms with Crippen molar-refractivity contribution in [1.82, 2.24) is 15.3 Å². The highest BCUT2D eigenvalue weighted by Crippen LogP contribution is 2.16. The van der Waals surface area contributed by atoms with Crippen molar-refractivity contribution in [2.75, 3.05) is 29.9 Å². The van der Waals surface area contributed by atoms with Gasteiger partial charge in [-0.05, 0) is 25.5 Å². The summed E-state index contributed by atoms with van der Waals surface area (Å²) in [5.74, 6) is 4.49. The number of unbranched alkanes of at least 4 members (excludes halogenated alkanes) is 1. The van der Waals surface area contributed by atoms with Gasteiger partial charge in [0, 0.05) is 43.1 Å². The van der Waals surface area contributed by atoms with Crippen LogP contribution in [0, 0.1) is 6.92 Å². The Labute approximate surface area is 126 Å². The second-order valence-electron chi connectivity index (χ2n) is 5.36. The molecule has 0 aliphatic carbocycles. The fourth-order valence-corrected chi connectivity index (χ4v) is 3.52. The molecule has 0 radical (unpaired) electrons. The molecule has 0 spiro atoms. The normalized spacial score (nSPS) is 18.4. The maximum Gasteiger partial charge on any atom is 0.130 e. The minimum Gasteiger partial charge on any atom is -0.369 e. The van der Waals surface area contributed by atoms with Gasteiger partial charge in [-0.15, -0.1) is 0 Å². The molecule has 1 fully saturated rings. The molecule has 2 rings (SSSR count). The Morgan fingerprint density at radius 2 is 2.25 bits per heavy atom. The number of hydrogen-bond donors (Lipinski definition) is 2. The molecule has 5 heteroatoms. The van der Waals surface area contributed by atoms with E-state index >= 15 is 0 Å². The van der Waals surface area contributed by atoms with Crippen LogP contribution in [0.3, 0.4) is 0 Å². The molecular weight excluding hydrogens is 268 g/mol. The van der Waals surface area contributed by atoms with Crippen LogP contribution in [0.15, 0.2) is 6.07 Å². The molecule has 1 aliphatic rings. The van der Waals surface area contributed by atoms with E-state index in [4.69, 9.17) is 0 Å². The van der Waals surface area contributed by atoms with Crippen molar-refractivity contribution in [1.29, 1.82) is 0 Å². The number of anilines is 1. The zero-order valence-corrected chi connectivity index (χ0v) is 13.4. The molecular formula is C15H26N4S. The molecule has 1 aromatic rings. The molecule has 0 aromatic carbocycles. The number of aryl methyl sites for hydroxylation is 2. The third-order valence-electron chi connectivity index (χ3n) is 3.45. The zero-order valence-electron chi connectivity index (χ0n) is 12.6. The lowest BCUT2D eigenvalue weighted by molar-refractivity contribution is 0.570. The van der Waals surface area contributed by atoms with Gasteiger partial charge in [0.05, 0.1) is 0 Å². The van der Waals surface area contributed by atoms with Crippen molar-refractivity contribution in [3.63, 3.8) is 0 Å². The molecule has 0 unspecified atom stereocenters. The smallest absolute Gasteiger partial charge is 0.130 e. The van der Waals surface area contributed by atoms with Gasteiger partial charge in [-0.25, -0.2) is 9.97 Å². The number of nitrogens with one attached hydrogen (secondary N) is 2. The highest BCUT2D eigenvalue weighted by atomic mass is 32.2. The Bertz CT molecular complexity index is 405. The molecule has 1 aliphatic heterocycles. The Kier molecular flexibility index (Phi) is 6.60. The summed E-state index contributed by atoms with van der Waals surface area (Å²) >= 11 is 2.04. The molecule has 4 nitrogen and oxygen atoms in total. The monoisotopic (exact) mass is 294 g/mol. The third kappa shape index (κ3) is 5.29. The summed E-state index contributed by atoms with van der Waals surface area (Å²) in [5.41, 5.74) is 1.05. The summed E-state index contributed by atoms with van der Waals surface area (Å²) in [6, 6.07) is 2.73. The van der Waals surface area contributed by atoms with Gasteiger partial charge in [-0.2, -0.15) is 11.8 Å². The van der Waals surface area contributed by atoms with Crippen LogP contribution in [-0.4, -0.2) is 40.6 Å².